The van der Waals surface area contributed by atoms with Crippen LogP contribution in [0.4, 0.5) is 0 Å². The summed E-state index contributed by atoms with van der Waals surface area (Å²) in [4.78, 5) is 42.7. The third-order valence-corrected chi connectivity index (χ3v) is 3.02. The monoisotopic (exact) mass is 291 g/mol. The van der Waals surface area contributed by atoms with Crippen LogP contribution in [0.2, 0.25) is 0 Å². The first-order valence-corrected chi connectivity index (χ1v) is 5.88. The van der Waals surface area contributed by atoms with Gasteiger partial charge in [-0.05, 0) is 0 Å². The molecule has 0 amide bonds. The van der Waals surface area contributed by atoms with Crippen molar-refractivity contribution in [2.45, 2.75) is 44.1 Å². The van der Waals surface area contributed by atoms with E-state index in [1.54, 1.807) is 0 Å². The standard InChI is InChI=1S/C11H17NO8/c1-20-10(17)4-7-11(12(18)19,5-2-8(13)14)6-3-9(15)16/h2-7H2,1H3,(H,13,14)(H,15,16). The van der Waals surface area contributed by atoms with Crippen LogP contribution in [0.15, 0.2) is 0 Å². The van der Waals surface area contributed by atoms with Crippen molar-refractivity contribution in [1.29, 1.82) is 0 Å². The number of carbonyl (C=O) groups is 3. The molecule has 114 valence electrons. The lowest BCUT2D eigenvalue weighted by atomic mass is 9.84. The van der Waals surface area contributed by atoms with Gasteiger partial charge < -0.3 is 14.9 Å². The van der Waals surface area contributed by atoms with Gasteiger partial charge in [0.25, 0.3) is 0 Å². The second kappa shape index (κ2) is 8.08. The predicted molar refractivity (Wildman–Crippen MR) is 64.7 cm³/mol. The topological polar surface area (TPSA) is 144 Å². The molecule has 0 fully saturated rings. The average Bonchev–Trinajstić information content (AvgIpc) is 2.36. The summed E-state index contributed by atoms with van der Waals surface area (Å²) in [6.07, 6.45) is -2.13. The first-order valence-electron chi connectivity index (χ1n) is 5.88. The van der Waals surface area contributed by atoms with Crippen molar-refractivity contribution in [3.05, 3.63) is 10.1 Å². The molecular formula is C11H17NO8. The fourth-order valence-electron chi connectivity index (χ4n) is 1.76. The van der Waals surface area contributed by atoms with Crippen molar-refractivity contribution in [3.8, 4) is 0 Å². The van der Waals surface area contributed by atoms with E-state index in [9.17, 15) is 24.5 Å². The van der Waals surface area contributed by atoms with Crippen LogP contribution >= 0.6 is 0 Å². The van der Waals surface area contributed by atoms with E-state index in [0.717, 1.165) is 7.11 Å². The zero-order valence-electron chi connectivity index (χ0n) is 11.0. The first-order chi connectivity index (χ1) is 9.23. The fourth-order valence-corrected chi connectivity index (χ4v) is 1.76. The Morgan fingerprint density at radius 1 is 1.05 bits per heavy atom. The van der Waals surface area contributed by atoms with Crippen LogP contribution in [-0.2, 0) is 19.1 Å². The molecule has 0 aromatic heterocycles. The van der Waals surface area contributed by atoms with Crippen LogP contribution in [0.3, 0.4) is 0 Å². The van der Waals surface area contributed by atoms with Gasteiger partial charge in [-0.15, -0.1) is 0 Å². The second-order valence-corrected chi connectivity index (χ2v) is 4.35. The lowest BCUT2D eigenvalue weighted by Crippen LogP contribution is -2.40. The molecule has 9 heteroatoms. The number of methoxy groups -OCH3 is 1. The highest BCUT2D eigenvalue weighted by atomic mass is 16.6. The van der Waals surface area contributed by atoms with Crippen molar-refractivity contribution in [2.24, 2.45) is 0 Å². The number of esters is 1. The molecule has 0 aliphatic carbocycles. The van der Waals surface area contributed by atoms with E-state index >= 15 is 0 Å². The Balaban J connectivity index is 4.99. The van der Waals surface area contributed by atoms with E-state index < -0.39 is 41.2 Å². The Morgan fingerprint density at radius 3 is 1.75 bits per heavy atom. The van der Waals surface area contributed by atoms with E-state index in [0.29, 0.717) is 0 Å². The third-order valence-electron chi connectivity index (χ3n) is 3.02. The molecule has 2 N–H and O–H groups in total. The Hall–Kier alpha value is -2.19. The van der Waals surface area contributed by atoms with Gasteiger partial charge in [0.15, 0.2) is 0 Å². The Morgan fingerprint density at radius 2 is 1.45 bits per heavy atom. The molecule has 0 heterocycles. The summed E-state index contributed by atoms with van der Waals surface area (Å²) in [5, 5.41) is 28.5. The SMILES string of the molecule is COC(=O)CCC(CCC(=O)O)(CCC(=O)O)[N+](=O)[O-]. The molecule has 0 aromatic carbocycles. The van der Waals surface area contributed by atoms with E-state index in [1.807, 2.05) is 0 Å². The zero-order chi connectivity index (χ0) is 15.8. The molecule has 0 atom stereocenters. The third kappa shape index (κ3) is 6.12. The second-order valence-electron chi connectivity index (χ2n) is 4.35. The molecule has 0 bridgehead atoms. The number of aliphatic carboxylic acids is 2. The van der Waals surface area contributed by atoms with E-state index in [4.69, 9.17) is 10.2 Å². The highest BCUT2D eigenvalue weighted by molar-refractivity contribution is 5.69. The van der Waals surface area contributed by atoms with Crippen LogP contribution in [0.1, 0.15) is 38.5 Å². The number of nitro groups is 1. The van der Waals surface area contributed by atoms with Crippen LogP contribution in [0, 0.1) is 10.1 Å². The minimum Gasteiger partial charge on any atom is -0.481 e. The van der Waals surface area contributed by atoms with Gasteiger partial charge in [0.2, 0.25) is 5.54 Å². The lowest BCUT2D eigenvalue weighted by molar-refractivity contribution is -0.573. The summed E-state index contributed by atoms with van der Waals surface area (Å²) in [7, 11) is 1.13. The quantitative estimate of drug-likeness (QED) is 0.339. The minimum absolute atomic E-state index is 0.257. The summed E-state index contributed by atoms with van der Waals surface area (Å²) in [6, 6.07) is 0. The number of nitrogens with zero attached hydrogens (tertiary/aromatic N) is 1. The maximum absolute atomic E-state index is 11.2. The van der Waals surface area contributed by atoms with Crippen LogP contribution < -0.4 is 0 Å². The Bertz CT molecular complexity index is 374. The molecule has 0 spiro atoms. The molecule has 0 saturated heterocycles. The minimum atomic E-state index is -1.75. The Kier molecular flexibility index (Phi) is 7.19. The molecule has 0 radical (unpaired) electrons. The summed E-state index contributed by atoms with van der Waals surface area (Å²) in [5.74, 6) is -3.10. The molecular weight excluding hydrogens is 274 g/mol. The van der Waals surface area contributed by atoms with Gasteiger partial charge in [-0.25, -0.2) is 0 Å². The van der Waals surface area contributed by atoms with Crippen molar-refractivity contribution in [3.63, 3.8) is 0 Å². The summed E-state index contributed by atoms with van der Waals surface area (Å²) in [5.41, 5.74) is -1.75. The van der Waals surface area contributed by atoms with Crippen molar-refractivity contribution in [1.82, 2.24) is 0 Å². The van der Waals surface area contributed by atoms with Crippen molar-refractivity contribution in [2.75, 3.05) is 7.11 Å². The van der Waals surface area contributed by atoms with Gasteiger partial charge in [-0.2, -0.15) is 0 Å². The fraction of sp³-hybridized carbons (Fsp3) is 0.727. The average molecular weight is 291 g/mol. The van der Waals surface area contributed by atoms with Gasteiger partial charge >= 0.3 is 17.9 Å². The van der Waals surface area contributed by atoms with Gasteiger partial charge in [0.1, 0.15) is 0 Å². The Labute approximate surface area is 114 Å². The molecule has 0 aliphatic rings. The van der Waals surface area contributed by atoms with Gasteiger partial charge in [0, 0.05) is 24.2 Å². The summed E-state index contributed by atoms with van der Waals surface area (Å²) in [6.45, 7) is 0. The maximum Gasteiger partial charge on any atom is 0.305 e. The molecule has 0 aromatic rings. The number of carboxylic acids is 2. The highest BCUT2D eigenvalue weighted by Crippen LogP contribution is 2.29. The number of rotatable bonds is 10. The maximum atomic E-state index is 11.2. The van der Waals surface area contributed by atoms with Gasteiger partial charge in [-0.1, -0.05) is 0 Å². The molecule has 0 rings (SSSR count). The summed E-state index contributed by atoms with van der Waals surface area (Å²) >= 11 is 0. The largest absolute Gasteiger partial charge is 0.481 e. The predicted octanol–water partition coefficient (Wildman–Crippen LogP) is 0.685. The van der Waals surface area contributed by atoms with E-state index in [-0.39, 0.29) is 25.7 Å². The highest BCUT2D eigenvalue weighted by Gasteiger charge is 2.43. The molecule has 20 heavy (non-hydrogen) atoms. The number of hydrogen-bond donors (Lipinski definition) is 2. The number of carboxylic acid groups (broad SMARTS) is 2. The number of carbonyl (C=O) groups excluding carboxylic acids is 1. The number of hydrogen-bond acceptors (Lipinski definition) is 6. The van der Waals surface area contributed by atoms with Crippen molar-refractivity contribution >= 4 is 17.9 Å². The molecule has 0 aliphatic heterocycles. The van der Waals surface area contributed by atoms with Gasteiger partial charge in [0.05, 0.1) is 26.4 Å². The molecule has 0 unspecified atom stereocenters. The van der Waals surface area contributed by atoms with E-state index in [1.165, 1.54) is 0 Å². The van der Waals surface area contributed by atoms with E-state index in [2.05, 4.69) is 4.74 Å². The smallest absolute Gasteiger partial charge is 0.305 e. The van der Waals surface area contributed by atoms with Gasteiger partial charge in [-0.3, -0.25) is 24.5 Å². The molecule has 0 saturated carbocycles. The van der Waals surface area contributed by atoms with Crippen LogP contribution in [-0.4, -0.2) is 45.7 Å². The van der Waals surface area contributed by atoms with Crippen molar-refractivity contribution < 1.29 is 34.3 Å². The lowest BCUT2D eigenvalue weighted by Gasteiger charge is -2.24. The first kappa shape index (κ1) is 17.8. The normalized spacial score (nSPS) is 10.8. The number of ether oxygens (including phenoxy) is 1. The van der Waals surface area contributed by atoms with Crippen LogP contribution in [0.25, 0.3) is 0 Å². The van der Waals surface area contributed by atoms with Crippen LogP contribution in [0.5, 0.6) is 0 Å². The zero-order valence-corrected chi connectivity index (χ0v) is 11.0. The molecule has 9 nitrogen and oxygen atoms in total. The summed E-state index contributed by atoms with van der Waals surface area (Å²) < 4.78 is 4.38.